The van der Waals surface area contributed by atoms with Crippen molar-refractivity contribution in [2.45, 2.75) is 135 Å². The lowest BCUT2D eigenvalue weighted by molar-refractivity contribution is 0.398. The summed E-state index contributed by atoms with van der Waals surface area (Å²) in [7, 11) is 0. The van der Waals surface area contributed by atoms with E-state index < -0.39 is 0 Å². The van der Waals surface area contributed by atoms with E-state index in [1.807, 2.05) is 0 Å². The van der Waals surface area contributed by atoms with Crippen LogP contribution in [-0.4, -0.2) is 4.57 Å². The Balaban J connectivity index is 1.46. The molecule has 0 amide bonds. The first kappa shape index (κ1) is 32.6. The molecule has 0 N–H and O–H groups in total. The van der Waals surface area contributed by atoms with Gasteiger partial charge < -0.3 is 4.57 Å². The standard InChI is InChI=1S/C45H57N/c1-5-8-10-12-14-20-30-45(31-21-15-13-11-9-6-2)41-24-18-16-22-37(41)38-29-27-36(33-42(38)45)46-43-25-19-17-23-39(43)40-28-26-35(32-44(40)46)34(4)7-3/h16-19,22-29,32-34H,5-15,20-21,30-31H2,1-4H3. The van der Waals surface area contributed by atoms with Crippen LogP contribution in [0, 0.1) is 0 Å². The summed E-state index contributed by atoms with van der Waals surface area (Å²) in [4.78, 5) is 0. The molecule has 1 aliphatic carbocycles. The Morgan fingerprint density at radius 1 is 0.543 bits per heavy atom. The summed E-state index contributed by atoms with van der Waals surface area (Å²) >= 11 is 0. The fourth-order valence-corrected chi connectivity index (χ4v) is 8.47. The van der Waals surface area contributed by atoms with Gasteiger partial charge in [-0.3, -0.25) is 0 Å². The first-order chi connectivity index (χ1) is 22.6. The lowest BCUT2D eigenvalue weighted by Gasteiger charge is -2.33. The molecule has 1 nitrogen and oxygen atoms in total. The number of fused-ring (bicyclic) bond motifs is 6. The Hall–Kier alpha value is -3.32. The van der Waals surface area contributed by atoms with Gasteiger partial charge >= 0.3 is 0 Å². The molecule has 242 valence electrons. The third-order valence-electron chi connectivity index (χ3n) is 11.3. The molecule has 1 atom stereocenters. The van der Waals surface area contributed by atoms with Crippen LogP contribution in [0.15, 0.2) is 84.9 Å². The predicted octanol–water partition coefficient (Wildman–Crippen LogP) is 14.1. The number of rotatable bonds is 17. The Morgan fingerprint density at radius 3 is 1.87 bits per heavy atom. The molecule has 4 aromatic carbocycles. The minimum absolute atomic E-state index is 0.0953. The molecule has 0 saturated heterocycles. The zero-order chi connectivity index (χ0) is 31.9. The van der Waals surface area contributed by atoms with Crippen molar-refractivity contribution in [3.63, 3.8) is 0 Å². The van der Waals surface area contributed by atoms with E-state index in [1.54, 1.807) is 11.1 Å². The first-order valence-electron chi connectivity index (χ1n) is 18.9. The van der Waals surface area contributed by atoms with Crippen molar-refractivity contribution in [2.24, 2.45) is 0 Å². The van der Waals surface area contributed by atoms with Gasteiger partial charge in [0.25, 0.3) is 0 Å². The third-order valence-corrected chi connectivity index (χ3v) is 11.3. The maximum absolute atomic E-state index is 2.62. The van der Waals surface area contributed by atoms with Crippen molar-refractivity contribution in [1.82, 2.24) is 4.57 Å². The van der Waals surface area contributed by atoms with E-state index in [4.69, 9.17) is 0 Å². The van der Waals surface area contributed by atoms with Crippen molar-refractivity contribution in [1.29, 1.82) is 0 Å². The number of unbranched alkanes of at least 4 members (excludes halogenated alkanes) is 10. The fraction of sp³-hybridized carbons (Fsp3) is 0.467. The Morgan fingerprint density at radius 2 is 1.15 bits per heavy atom. The van der Waals surface area contributed by atoms with Gasteiger partial charge in [0, 0.05) is 21.9 Å². The Kier molecular flexibility index (Phi) is 10.7. The smallest absolute Gasteiger partial charge is 0.0543 e. The number of hydrogen-bond donors (Lipinski definition) is 0. The summed E-state index contributed by atoms with van der Waals surface area (Å²) in [5.41, 5.74) is 11.6. The summed E-state index contributed by atoms with van der Waals surface area (Å²) in [5, 5.41) is 2.71. The average molecular weight is 612 g/mol. The van der Waals surface area contributed by atoms with Crippen LogP contribution in [0.4, 0.5) is 0 Å². The number of benzene rings is 4. The average Bonchev–Trinajstić information content (AvgIpc) is 3.57. The van der Waals surface area contributed by atoms with E-state index in [1.165, 1.54) is 134 Å². The van der Waals surface area contributed by atoms with E-state index in [0.717, 1.165) is 6.42 Å². The molecule has 0 radical (unpaired) electrons. The summed E-state index contributed by atoms with van der Waals surface area (Å²) in [5.74, 6) is 0.549. The molecule has 0 spiro atoms. The monoisotopic (exact) mass is 611 g/mol. The second-order valence-electron chi connectivity index (χ2n) is 14.3. The van der Waals surface area contributed by atoms with E-state index in [2.05, 4.69) is 117 Å². The van der Waals surface area contributed by atoms with Gasteiger partial charge in [-0.2, -0.15) is 0 Å². The van der Waals surface area contributed by atoms with Crippen LogP contribution in [0.3, 0.4) is 0 Å². The van der Waals surface area contributed by atoms with Gasteiger partial charge in [0.1, 0.15) is 0 Å². The minimum Gasteiger partial charge on any atom is -0.309 e. The molecule has 0 saturated carbocycles. The molecule has 6 rings (SSSR count). The zero-order valence-electron chi connectivity index (χ0n) is 29.2. The molecule has 5 aromatic rings. The van der Waals surface area contributed by atoms with Crippen LogP contribution in [0.2, 0.25) is 0 Å². The maximum atomic E-state index is 2.62. The summed E-state index contributed by atoms with van der Waals surface area (Å²) in [6.07, 6.45) is 19.9. The number of para-hydroxylation sites is 1. The summed E-state index contributed by atoms with van der Waals surface area (Å²) in [6.45, 7) is 9.30. The second kappa shape index (κ2) is 15.1. The highest BCUT2D eigenvalue weighted by Crippen LogP contribution is 2.55. The molecule has 0 bridgehead atoms. The van der Waals surface area contributed by atoms with E-state index in [0.29, 0.717) is 5.92 Å². The van der Waals surface area contributed by atoms with Crippen LogP contribution < -0.4 is 0 Å². The van der Waals surface area contributed by atoms with E-state index in [9.17, 15) is 0 Å². The normalized spacial score (nSPS) is 14.2. The highest BCUT2D eigenvalue weighted by atomic mass is 15.0. The van der Waals surface area contributed by atoms with E-state index >= 15 is 0 Å². The molecule has 0 aliphatic heterocycles. The van der Waals surface area contributed by atoms with Gasteiger partial charge in [-0.15, -0.1) is 0 Å². The number of hydrogen-bond acceptors (Lipinski definition) is 0. The van der Waals surface area contributed by atoms with Gasteiger partial charge in [0.2, 0.25) is 0 Å². The van der Waals surface area contributed by atoms with Crippen molar-refractivity contribution in [3.8, 4) is 16.8 Å². The molecule has 1 aliphatic rings. The quantitative estimate of drug-likeness (QED) is 0.0922. The molecule has 1 heterocycles. The van der Waals surface area contributed by atoms with Crippen molar-refractivity contribution in [3.05, 3.63) is 102 Å². The summed E-state index contributed by atoms with van der Waals surface area (Å²) < 4.78 is 2.57. The predicted molar refractivity (Wildman–Crippen MR) is 202 cm³/mol. The van der Waals surface area contributed by atoms with Gasteiger partial charge in [0.15, 0.2) is 0 Å². The molecule has 0 fully saturated rings. The molecule has 46 heavy (non-hydrogen) atoms. The zero-order valence-corrected chi connectivity index (χ0v) is 29.2. The maximum Gasteiger partial charge on any atom is 0.0543 e. The lowest BCUT2D eigenvalue weighted by atomic mass is 9.70. The van der Waals surface area contributed by atoms with Crippen molar-refractivity contribution >= 4 is 21.8 Å². The van der Waals surface area contributed by atoms with Crippen LogP contribution in [0.1, 0.15) is 147 Å². The number of aromatic nitrogens is 1. The van der Waals surface area contributed by atoms with Gasteiger partial charge in [0.05, 0.1) is 11.0 Å². The largest absolute Gasteiger partial charge is 0.309 e. The van der Waals surface area contributed by atoms with Crippen LogP contribution in [-0.2, 0) is 5.41 Å². The van der Waals surface area contributed by atoms with Gasteiger partial charge in [-0.25, -0.2) is 0 Å². The Bertz CT molecular complexity index is 1720. The topological polar surface area (TPSA) is 4.93 Å². The third kappa shape index (κ3) is 6.32. The second-order valence-corrected chi connectivity index (χ2v) is 14.3. The summed E-state index contributed by atoms with van der Waals surface area (Å²) in [6, 6.07) is 33.2. The fourth-order valence-electron chi connectivity index (χ4n) is 8.47. The van der Waals surface area contributed by atoms with Crippen LogP contribution >= 0.6 is 0 Å². The Labute approximate surface area is 279 Å². The minimum atomic E-state index is 0.0953. The molecule has 1 aromatic heterocycles. The molecule has 1 unspecified atom stereocenters. The highest BCUT2D eigenvalue weighted by molar-refractivity contribution is 6.09. The number of nitrogens with zero attached hydrogens (tertiary/aromatic N) is 1. The van der Waals surface area contributed by atoms with Crippen LogP contribution in [0.25, 0.3) is 38.6 Å². The lowest BCUT2D eigenvalue weighted by Crippen LogP contribution is -2.25. The molecular weight excluding hydrogens is 555 g/mol. The highest BCUT2D eigenvalue weighted by Gasteiger charge is 2.42. The molecular formula is C45H57N. The SMILES string of the molecule is CCCCCCCCC1(CCCCCCCC)c2ccccc2-c2ccc(-n3c4ccccc4c4ccc(C(C)CC)cc43)cc21. The van der Waals surface area contributed by atoms with Gasteiger partial charge in [-0.1, -0.05) is 165 Å². The van der Waals surface area contributed by atoms with Crippen molar-refractivity contribution in [2.75, 3.05) is 0 Å². The van der Waals surface area contributed by atoms with Gasteiger partial charge in [-0.05, 0) is 77.3 Å². The molecule has 1 heteroatoms. The van der Waals surface area contributed by atoms with E-state index in [-0.39, 0.29) is 5.41 Å². The van der Waals surface area contributed by atoms with Crippen molar-refractivity contribution < 1.29 is 0 Å². The first-order valence-corrected chi connectivity index (χ1v) is 18.9. The van der Waals surface area contributed by atoms with Crippen LogP contribution in [0.5, 0.6) is 0 Å².